The van der Waals surface area contributed by atoms with Crippen molar-refractivity contribution in [2.75, 3.05) is 0 Å². The van der Waals surface area contributed by atoms with Crippen molar-refractivity contribution in [2.45, 2.75) is 13.3 Å². The van der Waals surface area contributed by atoms with Crippen molar-refractivity contribution >= 4 is 29.0 Å². The average Bonchev–Trinajstić information content (AvgIpc) is 2.80. The first-order chi connectivity index (χ1) is 8.13. The van der Waals surface area contributed by atoms with E-state index in [2.05, 4.69) is 0 Å². The topological polar surface area (TPSA) is 30.2 Å². The fraction of sp³-hybridized carbons (Fsp3) is 0.154. The van der Waals surface area contributed by atoms with Crippen LogP contribution in [0.25, 0.3) is 0 Å². The van der Waals surface area contributed by atoms with Gasteiger partial charge in [-0.05, 0) is 24.3 Å². The molecule has 0 saturated heterocycles. The lowest BCUT2D eigenvalue weighted by Gasteiger charge is -2.02. The molecule has 0 atom stereocenters. The van der Waals surface area contributed by atoms with Gasteiger partial charge in [0.05, 0.1) is 10.0 Å². The predicted octanol–water partition coefficient (Wildman–Crippen LogP) is 4.38. The van der Waals surface area contributed by atoms with Gasteiger partial charge in [0.1, 0.15) is 5.76 Å². The van der Waals surface area contributed by atoms with Crippen LogP contribution in [0.15, 0.2) is 34.7 Å². The Morgan fingerprint density at radius 3 is 2.65 bits per heavy atom. The fourth-order valence-electron chi connectivity index (χ4n) is 1.50. The second kappa shape index (κ2) is 4.94. The number of hydrogen-bond donors (Lipinski definition) is 0. The number of furan rings is 1. The summed E-state index contributed by atoms with van der Waals surface area (Å²) in [6.45, 7) is 1.96. The average molecular weight is 269 g/mol. The smallest absolute Gasteiger partial charge is 0.229 e. The van der Waals surface area contributed by atoms with Crippen LogP contribution in [-0.4, -0.2) is 5.78 Å². The number of rotatable bonds is 3. The van der Waals surface area contributed by atoms with E-state index in [4.69, 9.17) is 27.6 Å². The van der Waals surface area contributed by atoms with Crippen molar-refractivity contribution in [1.29, 1.82) is 0 Å². The molecule has 1 aromatic carbocycles. The molecule has 2 nitrogen and oxygen atoms in total. The maximum absolute atomic E-state index is 12.1. The van der Waals surface area contributed by atoms with Gasteiger partial charge in [0, 0.05) is 12.0 Å². The van der Waals surface area contributed by atoms with E-state index in [-0.39, 0.29) is 16.6 Å². The second-order valence-electron chi connectivity index (χ2n) is 3.55. The van der Waals surface area contributed by atoms with Gasteiger partial charge in [-0.2, -0.15) is 0 Å². The molecule has 1 heterocycles. The zero-order valence-electron chi connectivity index (χ0n) is 9.17. The number of benzene rings is 1. The highest BCUT2D eigenvalue weighted by Crippen LogP contribution is 2.27. The lowest BCUT2D eigenvalue weighted by atomic mass is 10.1. The van der Waals surface area contributed by atoms with Crippen LogP contribution in [-0.2, 0) is 6.42 Å². The molecule has 2 aromatic rings. The summed E-state index contributed by atoms with van der Waals surface area (Å²) in [7, 11) is 0. The molecule has 17 heavy (non-hydrogen) atoms. The van der Waals surface area contributed by atoms with Gasteiger partial charge >= 0.3 is 0 Å². The highest BCUT2D eigenvalue weighted by atomic mass is 35.5. The van der Waals surface area contributed by atoms with Crippen molar-refractivity contribution in [3.8, 4) is 0 Å². The van der Waals surface area contributed by atoms with Crippen LogP contribution in [0.2, 0.25) is 10.0 Å². The number of carbonyl (C=O) groups is 1. The molecule has 0 aliphatic rings. The molecular weight excluding hydrogens is 259 g/mol. The van der Waals surface area contributed by atoms with E-state index in [0.29, 0.717) is 10.6 Å². The van der Waals surface area contributed by atoms with Crippen molar-refractivity contribution in [3.63, 3.8) is 0 Å². The van der Waals surface area contributed by atoms with E-state index < -0.39 is 0 Å². The summed E-state index contributed by atoms with van der Waals surface area (Å²) in [5.41, 5.74) is 0.358. The fourth-order valence-corrected chi connectivity index (χ4v) is 1.89. The van der Waals surface area contributed by atoms with Gasteiger partial charge in [0.25, 0.3) is 0 Å². The molecule has 0 aliphatic heterocycles. The normalized spacial score (nSPS) is 10.5. The summed E-state index contributed by atoms with van der Waals surface area (Å²) in [4.78, 5) is 12.1. The van der Waals surface area contributed by atoms with E-state index in [1.54, 1.807) is 30.3 Å². The maximum Gasteiger partial charge on any atom is 0.229 e. The first kappa shape index (κ1) is 12.2. The Labute approximate surface area is 109 Å². The lowest BCUT2D eigenvalue weighted by Crippen LogP contribution is -2.00. The summed E-state index contributed by atoms with van der Waals surface area (Å²) >= 11 is 11.8. The molecule has 0 spiro atoms. The Morgan fingerprint density at radius 2 is 2.00 bits per heavy atom. The third-order valence-corrected chi connectivity index (χ3v) is 3.25. The molecule has 0 aliphatic carbocycles. The summed E-state index contributed by atoms with van der Waals surface area (Å²) in [5, 5.41) is 0.619. The van der Waals surface area contributed by atoms with Crippen LogP contribution in [0.5, 0.6) is 0 Å². The Balaban J connectivity index is 2.40. The number of halogens is 2. The van der Waals surface area contributed by atoms with Gasteiger partial charge in [0.2, 0.25) is 5.78 Å². The first-order valence-corrected chi connectivity index (χ1v) is 5.96. The zero-order valence-corrected chi connectivity index (χ0v) is 10.7. The summed E-state index contributed by atoms with van der Waals surface area (Å²) < 4.78 is 5.39. The van der Waals surface area contributed by atoms with E-state index in [1.165, 1.54) is 0 Å². The molecular formula is C13H10Cl2O2. The highest BCUT2D eigenvalue weighted by Gasteiger charge is 2.17. The van der Waals surface area contributed by atoms with Gasteiger partial charge in [-0.1, -0.05) is 36.2 Å². The molecule has 88 valence electrons. The highest BCUT2D eigenvalue weighted by molar-refractivity contribution is 6.44. The minimum atomic E-state index is -0.253. The largest absolute Gasteiger partial charge is 0.458 e. The van der Waals surface area contributed by atoms with Crippen molar-refractivity contribution in [3.05, 3.63) is 57.5 Å². The van der Waals surface area contributed by atoms with Crippen LogP contribution >= 0.6 is 23.2 Å². The Hall–Kier alpha value is -1.25. The summed E-state index contributed by atoms with van der Waals surface area (Å²) in [5.74, 6) is 0.801. The third kappa shape index (κ3) is 2.38. The standard InChI is InChI=1S/C13H10Cl2O2/c1-2-8-6-7-11(17-8)13(16)9-4-3-5-10(14)12(9)15/h3-7H,2H2,1H3. The Kier molecular flexibility index (Phi) is 3.55. The molecule has 0 bridgehead atoms. The maximum atomic E-state index is 12.1. The molecule has 4 heteroatoms. The van der Waals surface area contributed by atoms with Gasteiger partial charge in [-0.25, -0.2) is 0 Å². The number of carbonyl (C=O) groups excluding carboxylic acids is 1. The molecule has 1 aromatic heterocycles. The third-order valence-electron chi connectivity index (χ3n) is 2.43. The zero-order chi connectivity index (χ0) is 12.4. The lowest BCUT2D eigenvalue weighted by molar-refractivity contribution is 0.101. The summed E-state index contributed by atoms with van der Waals surface area (Å²) in [6, 6.07) is 8.39. The van der Waals surface area contributed by atoms with Gasteiger partial charge < -0.3 is 4.42 Å². The SMILES string of the molecule is CCc1ccc(C(=O)c2cccc(Cl)c2Cl)o1. The van der Waals surface area contributed by atoms with Crippen LogP contribution < -0.4 is 0 Å². The molecule has 2 rings (SSSR count). The van der Waals surface area contributed by atoms with Gasteiger partial charge in [0.15, 0.2) is 5.76 Å². The second-order valence-corrected chi connectivity index (χ2v) is 4.34. The van der Waals surface area contributed by atoms with Crippen molar-refractivity contribution < 1.29 is 9.21 Å². The predicted molar refractivity (Wildman–Crippen MR) is 68.0 cm³/mol. The Bertz CT molecular complexity index is 558. The van der Waals surface area contributed by atoms with Crippen LogP contribution in [0.1, 0.15) is 28.8 Å². The molecule has 0 amide bonds. The van der Waals surface area contributed by atoms with E-state index in [1.807, 2.05) is 6.92 Å². The van der Waals surface area contributed by atoms with E-state index in [0.717, 1.165) is 12.2 Å². The molecule has 0 unspecified atom stereocenters. The van der Waals surface area contributed by atoms with Gasteiger partial charge in [-0.3, -0.25) is 4.79 Å². The molecule has 0 N–H and O–H groups in total. The minimum absolute atomic E-state index is 0.253. The number of ketones is 1. The monoisotopic (exact) mass is 268 g/mol. The van der Waals surface area contributed by atoms with Crippen LogP contribution in [0.4, 0.5) is 0 Å². The van der Waals surface area contributed by atoms with Crippen molar-refractivity contribution in [1.82, 2.24) is 0 Å². The quantitative estimate of drug-likeness (QED) is 0.774. The Morgan fingerprint density at radius 1 is 1.24 bits per heavy atom. The number of aryl methyl sites for hydroxylation is 1. The number of hydrogen-bond acceptors (Lipinski definition) is 2. The van der Waals surface area contributed by atoms with Crippen LogP contribution in [0.3, 0.4) is 0 Å². The van der Waals surface area contributed by atoms with Crippen LogP contribution in [0, 0.1) is 0 Å². The summed E-state index contributed by atoms with van der Waals surface area (Å²) in [6.07, 6.45) is 0.747. The van der Waals surface area contributed by atoms with E-state index in [9.17, 15) is 4.79 Å². The van der Waals surface area contributed by atoms with Crippen molar-refractivity contribution in [2.24, 2.45) is 0 Å². The van der Waals surface area contributed by atoms with Gasteiger partial charge in [-0.15, -0.1) is 0 Å². The molecule has 0 radical (unpaired) electrons. The molecule has 0 fully saturated rings. The van der Waals surface area contributed by atoms with E-state index >= 15 is 0 Å². The minimum Gasteiger partial charge on any atom is -0.458 e. The molecule has 0 saturated carbocycles. The first-order valence-electron chi connectivity index (χ1n) is 5.21.